The third kappa shape index (κ3) is 6.13. The number of carbonyl (C=O) groups excluding carboxylic acids is 2. The van der Waals surface area contributed by atoms with Crippen LogP contribution in [0.15, 0.2) is 60.7 Å². The molecule has 7 heteroatoms. The van der Waals surface area contributed by atoms with Gasteiger partial charge in [-0.2, -0.15) is 0 Å². The number of amides is 2. The molecule has 1 fully saturated rings. The minimum absolute atomic E-state index is 0.0807. The van der Waals surface area contributed by atoms with Gasteiger partial charge in [0.05, 0.1) is 17.5 Å². The lowest BCUT2D eigenvalue weighted by Crippen LogP contribution is -2.46. The van der Waals surface area contributed by atoms with Crippen LogP contribution in [-0.2, 0) is 10.2 Å². The summed E-state index contributed by atoms with van der Waals surface area (Å²) in [5.74, 6) is -2.93. The van der Waals surface area contributed by atoms with Gasteiger partial charge in [0.2, 0.25) is 5.91 Å². The molecule has 1 saturated heterocycles. The highest BCUT2D eigenvalue weighted by Gasteiger charge is 2.40. The molecule has 0 aliphatic carbocycles. The van der Waals surface area contributed by atoms with Crippen LogP contribution >= 0.6 is 0 Å². The van der Waals surface area contributed by atoms with Crippen molar-refractivity contribution in [2.45, 2.75) is 52.0 Å². The van der Waals surface area contributed by atoms with Gasteiger partial charge in [-0.3, -0.25) is 9.59 Å². The highest BCUT2D eigenvalue weighted by atomic mass is 19.1. The SMILES string of the molecule is Cc1cc(F)cc(F)c1C(=O)N1CCC[C@H](C(=O)Nc2cccc(C(C)(C)C)c2)[C@@H]1c1ccc(N(C)C)cc1. The zero-order valence-electron chi connectivity index (χ0n) is 23.5. The maximum Gasteiger partial charge on any atom is 0.257 e. The Bertz CT molecular complexity index is 1340. The summed E-state index contributed by atoms with van der Waals surface area (Å²) >= 11 is 0. The Balaban J connectivity index is 1.73. The molecule has 0 bridgehead atoms. The number of halogens is 2. The summed E-state index contributed by atoms with van der Waals surface area (Å²) in [6.45, 7) is 8.22. The van der Waals surface area contributed by atoms with Crippen molar-refractivity contribution in [2.75, 3.05) is 30.9 Å². The Kier molecular flexibility index (Phi) is 8.09. The van der Waals surface area contributed by atoms with Crippen LogP contribution in [0.2, 0.25) is 0 Å². The maximum absolute atomic E-state index is 14.9. The summed E-state index contributed by atoms with van der Waals surface area (Å²) in [6, 6.07) is 16.8. The van der Waals surface area contributed by atoms with Gasteiger partial charge >= 0.3 is 0 Å². The monoisotopic (exact) mass is 533 g/mol. The van der Waals surface area contributed by atoms with E-state index < -0.39 is 29.5 Å². The molecule has 0 unspecified atom stereocenters. The Hall–Kier alpha value is -3.74. The van der Waals surface area contributed by atoms with Crippen LogP contribution in [0.25, 0.3) is 0 Å². The topological polar surface area (TPSA) is 52.7 Å². The zero-order valence-corrected chi connectivity index (χ0v) is 23.5. The second-order valence-electron chi connectivity index (χ2n) is 11.6. The first-order valence-electron chi connectivity index (χ1n) is 13.3. The Morgan fingerprint density at radius 1 is 1.00 bits per heavy atom. The van der Waals surface area contributed by atoms with Crippen LogP contribution in [0.4, 0.5) is 20.2 Å². The summed E-state index contributed by atoms with van der Waals surface area (Å²) in [5.41, 5.74) is 3.54. The molecule has 3 aromatic rings. The number of nitrogens with zero attached hydrogens (tertiary/aromatic N) is 2. The second kappa shape index (κ2) is 11.2. The van der Waals surface area contributed by atoms with Crippen molar-refractivity contribution in [1.29, 1.82) is 0 Å². The minimum Gasteiger partial charge on any atom is -0.378 e. The lowest BCUT2D eigenvalue weighted by atomic mass is 9.83. The molecule has 1 aliphatic heterocycles. The lowest BCUT2D eigenvalue weighted by molar-refractivity contribution is -0.123. The van der Waals surface area contributed by atoms with E-state index in [0.717, 1.165) is 28.9 Å². The molecule has 2 amide bonds. The van der Waals surface area contributed by atoms with Crippen LogP contribution < -0.4 is 10.2 Å². The highest BCUT2D eigenvalue weighted by molar-refractivity contribution is 5.98. The van der Waals surface area contributed by atoms with Gasteiger partial charge in [-0.25, -0.2) is 8.78 Å². The number of piperidine rings is 1. The van der Waals surface area contributed by atoms with Gasteiger partial charge in [0, 0.05) is 38.1 Å². The van der Waals surface area contributed by atoms with Crippen LogP contribution in [0, 0.1) is 24.5 Å². The Morgan fingerprint density at radius 2 is 1.69 bits per heavy atom. The molecule has 0 aromatic heterocycles. The van der Waals surface area contributed by atoms with Gasteiger partial charge in [-0.15, -0.1) is 0 Å². The first-order valence-corrected chi connectivity index (χ1v) is 13.3. The highest BCUT2D eigenvalue weighted by Crippen LogP contribution is 2.39. The second-order valence-corrected chi connectivity index (χ2v) is 11.6. The number of nitrogens with one attached hydrogen (secondary N) is 1. The van der Waals surface area contributed by atoms with Crippen molar-refractivity contribution < 1.29 is 18.4 Å². The Labute approximate surface area is 229 Å². The molecule has 0 saturated carbocycles. The number of benzene rings is 3. The molecule has 206 valence electrons. The average Bonchev–Trinajstić information content (AvgIpc) is 2.87. The standard InChI is InChI=1S/C32H37F2N3O2/c1-20-17-23(33)19-27(34)28(20)31(39)37-16-8-11-26(29(37)21-12-14-25(15-13-21)36(5)6)30(38)35-24-10-7-9-22(18-24)32(2,3)4/h7,9-10,12-15,17-19,26,29H,8,11,16H2,1-6H3,(H,35,38)/t26-,29-/m0/s1. The summed E-state index contributed by atoms with van der Waals surface area (Å²) in [5, 5.41) is 3.07. The van der Waals surface area contributed by atoms with Gasteiger partial charge in [0.15, 0.2) is 0 Å². The van der Waals surface area contributed by atoms with Gasteiger partial charge in [0.1, 0.15) is 11.6 Å². The van der Waals surface area contributed by atoms with E-state index in [9.17, 15) is 18.4 Å². The summed E-state index contributed by atoms with van der Waals surface area (Å²) < 4.78 is 28.7. The van der Waals surface area contributed by atoms with Crippen LogP contribution in [-0.4, -0.2) is 37.4 Å². The van der Waals surface area contributed by atoms with Crippen LogP contribution in [0.3, 0.4) is 0 Å². The summed E-state index contributed by atoms with van der Waals surface area (Å²) in [7, 11) is 3.88. The normalized spacial score (nSPS) is 17.6. The van der Waals surface area contributed by atoms with E-state index in [1.165, 1.54) is 6.92 Å². The molecule has 1 heterocycles. The minimum atomic E-state index is -0.898. The Morgan fingerprint density at radius 3 is 2.31 bits per heavy atom. The summed E-state index contributed by atoms with van der Waals surface area (Å²) in [6.07, 6.45) is 1.15. The zero-order chi connectivity index (χ0) is 28.5. The van der Waals surface area contributed by atoms with E-state index in [4.69, 9.17) is 0 Å². The first kappa shape index (κ1) is 28.3. The van der Waals surface area contributed by atoms with E-state index in [1.807, 2.05) is 67.5 Å². The van der Waals surface area contributed by atoms with E-state index >= 15 is 0 Å². The quantitative estimate of drug-likeness (QED) is 0.389. The van der Waals surface area contributed by atoms with Gasteiger partial charge < -0.3 is 15.1 Å². The molecular weight excluding hydrogens is 496 g/mol. The predicted molar refractivity (Wildman–Crippen MR) is 152 cm³/mol. The van der Waals surface area contributed by atoms with Gasteiger partial charge in [-0.05, 0) is 72.2 Å². The van der Waals surface area contributed by atoms with Gasteiger partial charge in [-0.1, -0.05) is 45.0 Å². The molecule has 39 heavy (non-hydrogen) atoms. The number of hydrogen-bond donors (Lipinski definition) is 1. The number of hydrogen-bond acceptors (Lipinski definition) is 3. The lowest BCUT2D eigenvalue weighted by Gasteiger charge is -2.41. The van der Waals surface area contributed by atoms with Crippen molar-refractivity contribution in [3.63, 3.8) is 0 Å². The largest absolute Gasteiger partial charge is 0.378 e. The fourth-order valence-electron chi connectivity index (χ4n) is 5.30. The van der Waals surface area contributed by atoms with Crippen molar-refractivity contribution >= 4 is 23.2 Å². The van der Waals surface area contributed by atoms with E-state index in [1.54, 1.807) is 4.90 Å². The molecule has 3 aromatic carbocycles. The van der Waals surface area contributed by atoms with E-state index in [2.05, 4.69) is 26.1 Å². The van der Waals surface area contributed by atoms with Crippen molar-refractivity contribution in [3.05, 3.63) is 94.6 Å². The number of carbonyl (C=O) groups is 2. The van der Waals surface area contributed by atoms with Crippen molar-refractivity contribution in [2.24, 2.45) is 5.92 Å². The molecule has 2 atom stereocenters. The molecule has 4 rings (SSSR count). The maximum atomic E-state index is 14.9. The fraction of sp³-hybridized carbons (Fsp3) is 0.375. The molecular formula is C32H37F2N3O2. The molecule has 1 aliphatic rings. The molecule has 5 nitrogen and oxygen atoms in total. The fourth-order valence-corrected chi connectivity index (χ4v) is 5.30. The third-order valence-electron chi connectivity index (χ3n) is 7.44. The molecule has 0 radical (unpaired) electrons. The first-order chi connectivity index (χ1) is 18.4. The van der Waals surface area contributed by atoms with Gasteiger partial charge in [0.25, 0.3) is 5.91 Å². The third-order valence-corrected chi connectivity index (χ3v) is 7.44. The average molecular weight is 534 g/mol. The predicted octanol–water partition coefficient (Wildman–Crippen LogP) is 6.87. The van der Waals surface area contributed by atoms with Crippen LogP contribution in [0.5, 0.6) is 0 Å². The molecule has 1 N–H and O–H groups in total. The molecule has 0 spiro atoms. The summed E-state index contributed by atoms with van der Waals surface area (Å²) in [4.78, 5) is 31.2. The number of likely N-dealkylation sites (tertiary alicyclic amines) is 1. The van der Waals surface area contributed by atoms with Crippen molar-refractivity contribution in [3.8, 4) is 0 Å². The number of aryl methyl sites for hydroxylation is 1. The smallest absolute Gasteiger partial charge is 0.257 e. The van der Waals surface area contributed by atoms with E-state index in [0.29, 0.717) is 25.1 Å². The van der Waals surface area contributed by atoms with Crippen molar-refractivity contribution in [1.82, 2.24) is 4.90 Å². The van der Waals surface area contributed by atoms with E-state index in [-0.39, 0.29) is 22.4 Å². The number of rotatable bonds is 5. The number of anilines is 2. The van der Waals surface area contributed by atoms with Crippen LogP contribution in [0.1, 0.15) is 66.7 Å².